The van der Waals surface area contributed by atoms with Crippen LogP contribution in [0.3, 0.4) is 0 Å². The molecule has 2 aliphatic heterocycles. The van der Waals surface area contributed by atoms with Crippen LogP contribution in [-0.2, 0) is 19.4 Å². The van der Waals surface area contributed by atoms with E-state index >= 15 is 0 Å². The van der Waals surface area contributed by atoms with Crippen molar-refractivity contribution in [2.45, 2.75) is 18.4 Å². The summed E-state index contributed by atoms with van der Waals surface area (Å²) in [5, 5.41) is 8.62. The summed E-state index contributed by atoms with van der Waals surface area (Å²) in [7, 11) is -3.03. The van der Waals surface area contributed by atoms with Crippen molar-refractivity contribution >= 4 is 21.9 Å². The highest BCUT2D eigenvalue weighted by Crippen LogP contribution is 2.33. The number of hydrogen-bond donors (Lipinski definition) is 1. The molecule has 0 aromatic rings. The molecule has 96 valence electrons. The van der Waals surface area contributed by atoms with Crippen LogP contribution in [0, 0.1) is 0 Å². The standard InChI is InChI=1S/C9H13NO6S/c11-7(12)5-10-6-9(16-8(10)13)1-3-17(14,15)4-2-9/h1-6H2,(H,11,12). The van der Waals surface area contributed by atoms with Gasteiger partial charge in [-0.1, -0.05) is 0 Å². The number of rotatable bonds is 2. The quantitative estimate of drug-likeness (QED) is 0.718. The molecule has 1 spiro atoms. The summed E-state index contributed by atoms with van der Waals surface area (Å²) in [5.41, 5.74) is -0.808. The van der Waals surface area contributed by atoms with Crippen molar-refractivity contribution in [3.63, 3.8) is 0 Å². The number of sulfone groups is 1. The Balaban J connectivity index is 2.06. The minimum Gasteiger partial charge on any atom is -0.480 e. The molecule has 2 heterocycles. The number of carboxylic acids is 1. The lowest BCUT2D eigenvalue weighted by molar-refractivity contribution is -0.137. The number of hydrogen-bond acceptors (Lipinski definition) is 5. The number of nitrogens with zero attached hydrogens (tertiary/aromatic N) is 1. The van der Waals surface area contributed by atoms with Crippen molar-refractivity contribution in [3.8, 4) is 0 Å². The lowest BCUT2D eigenvalue weighted by Gasteiger charge is -2.30. The van der Waals surface area contributed by atoms with Crippen LogP contribution in [0.5, 0.6) is 0 Å². The summed E-state index contributed by atoms with van der Waals surface area (Å²) in [6, 6.07) is 0. The van der Waals surface area contributed by atoms with Crippen molar-refractivity contribution in [1.29, 1.82) is 0 Å². The Morgan fingerprint density at radius 3 is 2.53 bits per heavy atom. The van der Waals surface area contributed by atoms with Crippen LogP contribution in [0.15, 0.2) is 0 Å². The molecular formula is C9H13NO6S. The molecule has 17 heavy (non-hydrogen) atoms. The van der Waals surface area contributed by atoms with Crippen molar-refractivity contribution in [1.82, 2.24) is 4.90 Å². The van der Waals surface area contributed by atoms with Crippen LogP contribution in [0.1, 0.15) is 12.8 Å². The Bertz CT molecular complexity index is 442. The van der Waals surface area contributed by atoms with Crippen LogP contribution in [-0.4, -0.2) is 60.7 Å². The number of carbonyl (C=O) groups is 2. The van der Waals surface area contributed by atoms with E-state index in [0.717, 1.165) is 4.90 Å². The lowest BCUT2D eigenvalue weighted by Crippen LogP contribution is -2.43. The lowest BCUT2D eigenvalue weighted by atomic mass is 9.97. The highest BCUT2D eigenvalue weighted by Gasteiger charge is 2.48. The third-order valence-corrected chi connectivity index (χ3v) is 4.76. The molecule has 0 radical (unpaired) electrons. The van der Waals surface area contributed by atoms with Crippen LogP contribution >= 0.6 is 0 Å². The Kier molecular flexibility index (Phi) is 2.76. The number of aliphatic carboxylic acids is 1. The van der Waals surface area contributed by atoms with E-state index in [2.05, 4.69) is 0 Å². The second kappa shape index (κ2) is 3.86. The zero-order valence-corrected chi connectivity index (χ0v) is 9.90. The summed E-state index contributed by atoms with van der Waals surface area (Å²) in [5.74, 6) is -1.13. The molecular weight excluding hydrogens is 250 g/mol. The van der Waals surface area contributed by atoms with Gasteiger partial charge in [-0.05, 0) is 0 Å². The van der Waals surface area contributed by atoms with Gasteiger partial charge in [0.1, 0.15) is 12.1 Å². The molecule has 0 saturated carbocycles. The van der Waals surface area contributed by atoms with Crippen molar-refractivity contribution in [2.75, 3.05) is 24.6 Å². The Morgan fingerprint density at radius 2 is 2.00 bits per heavy atom. The van der Waals surface area contributed by atoms with E-state index in [9.17, 15) is 18.0 Å². The summed E-state index contributed by atoms with van der Waals surface area (Å²) in [6.07, 6.45) is -0.180. The average molecular weight is 263 g/mol. The zero-order valence-electron chi connectivity index (χ0n) is 9.09. The highest BCUT2D eigenvalue weighted by molar-refractivity contribution is 7.91. The second-order valence-electron chi connectivity index (χ2n) is 4.45. The van der Waals surface area contributed by atoms with Crippen LogP contribution < -0.4 is 0 Å². The van der Waals surface area contributed by atoms with Crippen LogP contribution in [0.4, 0.5) is 4.79 Å². The van der Waals surface area contributed by atoms with Crippen LogP contribution in [0.25, 0.3) is 0 Å². The maximum atomic E-state index is 11.4. The van der Waals surface area contributed by atoms with Gasteiger partial charge in [0.05, 0.1) is 18.1 Å². The fraction of sp³-hybridized carbons (Fsp3) is 0.778. The molecule has 2 rings (SSSR count). The first-order chi connectivity index (χ1) is 7.82. The predicted molar refractivity (Wildman–Crippen MR) is 56.3 cm³/mol. The van der Waals surface area contributed by atoms with Gasteiger partial charge in [0.2, 0.25) is 0 Å². The highest BCUT2D eigenvalue weighted by atomic mass is 32.2. The molecule has 0 unspecified atom stereocenters. The Labute approximate surface area is 98.3 Å². The molecule has 0 bridgehead atoms. The number of amides is 1. The van der Waals surface area contributed by atoms with E-state index in [1.54, 1.807) is 0 Å². The van der Waals surface area contributed by atoms with Gasteiger partial charge in [-0.3, -0.25) is 9.69 Å². The van der Waals surface area contributed by atoms with Gasteiger partial charge in [-0.25, -0.2) is 13.2 Å². The first kappa shape index (κ1) is 12.2. The monoisotopic (exact) mass is 263 g/mol. The van der Waals surface area contributed by atoms with Crippen molar-refractivity contribution in [3.05, 3.63) is 0 Å². The zero-order chi connectivity index (χ0) is 12.7. The Morgan fingerprint density at radius 1 is 1.41 bits per heavy atom. The molecule has 2 aliphatic rings. The third-order valence-electron chi connectivity index (χ3n) is 3.10. The largest absolute Gasteiger partial charge is 0.480 e. The first-order valence-corrected chi connectivity index (χ1v) is 7.04. The van der Waals surface area contributed by atoms with E-state index < -0.39 is 34.0 Å². The van der Waals surface area contributed by atoms with Gasteiger partial charge < -0.3 is 9.84 Å². The molecule has 1 amide bonds. The molecule has 0 aromatic heterocycles. The number of carbonyl (C=O) groups excluding carboxylic acids is 1. The van der Waals surface area contributed by atoms with Gasteiger partial charge in [-0.2, -0.15) is 0 Å². The van der Waals surface area contributed by atoms with Gasteiger partial charge in [0.15, 0.2) is 9.84 Å². The Hall–Kier alpha value is -1.31. The predicted octanol–water partition coefficient (Wildman–Crippen LogP) is -0.529. The summed E-state index contributed by atoms with van der Waals surface area (Å²) >= 11 is 0. The number of carboxylic acid groups (broad SMARTS) is 1. The van der Waals surface area contributed by atoms with Crippen molar-refractivity contribution in [2.24, 2.45) is 0 Å². The average Bonchev–Trinajstić information content (AvgIpc) is 2.49. The minimum absolute atomic E-state index is 0.0127. The second-order valence-corrected chi connectivity index (χ2v) is 6.76. The normalized spacial score (nSPS) is 25.9. The molecule has 7 nitrogen and oxygen atoms in total. The molecule has 2 fully saturated rings. The SMILES string of the molecule is O=C(O)CN1CC2(CCS(=O)(=O)CC2)OC1=O. The van der Waals surface area contributed by atoms with Crippen molar-refractivity contribution < 1.29 is 27.9 Å². The maximum absolute atomic E-state index is 11.4. The van der Waals surface area contributed by atoms with E-state index in [1.807, 2.05) is 0 Å². The molecule has 2 saturated heterocycles. The van der Waals surface area contributed by atoms with Gasteiger partial charge in [0.25, 0.3) is 0 Å². The fourth-order valence-corrected chi connectivity index (χ4v) is 3.72. The number of ether oxygens (including phenoxy) is 1. The summed E-state index contributed by atoms with van der Waals surface area (Å²) < 4.78 is 27.7. The molecule has 0 aliphatic carbocycles. The van der Waals surface area contributed by atoms with E-state index in [1.165, 1.54) is 0 Å². The van der Waals surface area contributed by atoms with E-state index in [0.29, 0.717) is 0 Å². The van der Waals surface area contributed by atoms with Gasteiger partial charge >= 0.3 is 12.1 Å². The maximum Gasteiger partial charge on any atom is 0.411 e. The first-order valence-electron chi connectivity index (χ1n) is 5.22. The fourth-order valence-electron chi connectivity index (χ4n) is 2.15. The molecule has 1 N–H and O–H groups in total. The third kappa shape index (κ3) is 2.51. The van der Waals surface area contributed by atoms with Crippen LogP contribution in [0.2, 0.25) is 0 Å². The summed E-state index contributed by atoms with van der Waals surface area (Å²) in [6.45, 7) is -0.249. The van der Waals surface area contributed by atoms with Gasteiger partial charge in [-0.15, -0.1) is 0 Å². The minimum atomic E-state index is -3.03. The molecule has 8 heteroatoms. The van der Waals surface area contributed by atoms with E-state index in [4.69, 9.17) is 9.84 Å². The summed E-state index contributed by atoms with van der Waals surface area (Å²) in [4.78, 5) is 23.1. The molecule has 0 atom stereocenters. The van der Waals surface area contributed by atoms with Gasteiger partial charge in [0, 0.05) is 12.8 Å². The molecule has 0 aromatic carbocycles. The smallest absolute Gasteiger partial charge is 0.411 e. The topological polar surface area (TPSA) is 101 Å². The van der Waals surface area contributed by atoms with E-state index in [-0.39, 0.29) is 30.9 Å².